The molecule has 6 nitrogen and oxygen atoms in total. The van der Waals surface area contributed by atoms with Crippen molar-refractivity contribution < 1.29 is 23.6 Å². The van der Waals surface area contributed by atoms with Crippen molar-refractivity contribution >= 4 is 17.5 Å². The van der Waals surface area contributed by atoms with Gasteiger partial charge in [0, 0.05) is 18.3 Å². The second kappa shape index (κ2) is 10.4. The molecule has 7 heteroatoms. The van der Waals surface area contributed by atoms with Crippen molar-refractivity contribution in [3.8, 4) is 5.75 Å². The summed E-state index contributed by atoms with van der Waals surface area (Å²) in [6.07, 6.45) is 0.619. The SMILES string of the molecule is COc1cccc(NC(=O)C[NH+](C)[C@@H](C)C(=O)NCCc2ccc(F)cc2)c1. The smallest absolute Gasteiger partial charge is 0.279 e. The van der Waals surface area contributed by atoms with E-state index < -0.39 is 0 Å². The van der Waals surface area contributed by atoms with Gasteiger partial charge in [-0.25, -0.2) is 4.39 Å². The van der Waals surface area contributed by atoms with Crippen molar-refractivity contribution in [3.05, 3.63) is 59.9 Å². The van der Waals surface area contributed by atoms with Gasteiger partial charge in [-0.05, 0) is 43.2 Å². The van der Waals surface area contributed by atoms with E-state index in [1.165, 1.54) is 12.1 Å². The van der Waals surface area contributed by atoms with Gasteiger partial charge in [0.1, 0.15) is 11.6 Å². The molecule has 1 unspecified atom stereocenters. The molecule has 2 rings (SSSR count). The van der Waals surface area contributed by atoms with E-state index in [2.05, 4.69) is 10.6 Å². The van der Waals surface area contributed by atoms with Crippen LogP contribution in [0.15, 0.2) is 48.5 Å². The first-order valence-electron chi connectivity index (χ1n) is 9.17. The predicted molar refractivity (Wildman–Crippen MR) is 106 cm³/mol. The van der Waals surface area contributed by atoms with Crippen LogP contribution in [0.4, 0.5) is 10.1 Å². The molecule has 0 fully saturated rings. The maximum absolute atomic E-state index is 12.9. The van der Waals surface area contributed by atoms with Crippen molar-refractivity contribution in [2.24, 2.45) is 0 Å². The molecule has 0 saturated carbocycles. The highest BCUT2D eigenvalue weighted by Crippen LogP contribution is 2.16. The van der Waals surface area contributed by atoms with E-state index in [1.807, 2.05) is 0 Å². The Morgan fingerprint density at radius 2 is 1.89 bits per heavy atom. The molecule has 0 heterocycles. The number of hydrogen-bond donors (Lipinski definition) is 3. The van der Waals surface area contributed by atoms with Crippen LogP contribution in [0.1, 0.15) is 12.5 Å². The molecule has 150 valence electrons. The van der Waals surface area contributed by atoms with E-state index >= 15 is 0 Å². The van der Waals surface area contributed by atoms with E-state index in [4.69, 9.17) is 4.74 Å². The molecule has 0 spiro atoms. The van der Waals surface area contributed by atoms with Gasteiger partial charge in [0.15, 0.2) is 12.6 Å². The first-order valence-corrected chi connectivity index (χ1v) is 9.17. The van der Waals surface area contributed by atoms with Crippen molar-refractivity contribution in [2.75, 3.05) is 32.6 Å². The summed E-state index contributed by atoms with van der Waals surface area (Å²) in [4.78, 5) is 25.3. The Bertz CT molecular complexity index is 796. The van der Waals surface area contributed by atoms with Crippen LogP contribution in [0.25, 0.3) is 0 Å². The Hall–Kier alpha value is -2.93. The molecule has 2 aromatic carbocycles. The minimum atomic E-state index is -0.385. The molecular formula is C21H27FN3O3+. The summed E-state index contributed by atoms with van der Waals surface area (Å²) in [6.45, 7) is 2.39. The van der Waals surface area contributed by atoms with Crippen LogP contribution in [-0.2, 0) is 16.0 Å². The number of rotatable bonds is 9. The average Bonchev–Trinajstić information content (AvgIpc) is 2.68. The Kier molecular flexibility index (Phi) is 7.95. The highest BCUT2D eigenvalue weighted by molar-refractivity contribution is 5.91. The second-order valence-electron chi connectivity index (χ2n) is 6.69. The number of ether oxygens (including phenoxy) is 1. The van der Waals surface area contributed by atoms with E-state index in [1.54, 1.807) is 57.5 Å². The molecule has 2 amide bonds. The zero-order chi connectivity index (χ0) is 20.5. The lowest BCUT2D eigenvalue weighted by atomic mass is 10.1. The first-order chi connectivity index (χ1) is 13.4. The molecule has 2 atom stereocenters. The van der Waals surface area contributed by atoms with Gasteiger partial charge >= 0.3 is 0 Å². The third kappa shape index (κ3) is 6.66. The number of likely N-dealkylation sites (N-methyl/N-ethyl adjacent to an activating group) is 1. The normalized spacial score (nSPS) is 12.7. The zero-order valence-corrected chi connectivity index (χ0v) is 16.4. The van der Waals surface area contributed by atoms with Crippen molar-refractivity contribution in [1.29, 1.82) is 0 Å². The number of nitrogens with one attached hydrogen (secondary N) is 3. The lowest BCUT2D eigenvalue weighted by Gasteiger charge is -2.20. The van der Waals surface area contributed by atoms with Gasteiger partial charge in [-0.15, -0.1) is 0 Å². The van der Waals surface area contributed by atoms with E-state index in [-0.39, 0.29) is 30.2 Å². The van der Waals surface area contributed by atoms with E-state index in [0.717, 1.165) is 10.5 Å². The summed E-state index contributed by atoms with van der Waals surface area (Å²) in [7, 11) is 3.37. The number of amides is 2. The summed E-state index contributed by atoms with van der Waals surface area (Å²) in [5.41, 5.74) is 1.60. The maximum atomic E-state index is 12.9. The molecule has 0 saturated heterocycles. The summed E-state index contributed by atoms with van der Waals surface area (Å²) < 4.78 is 18.0. The van der Waals surface area contributed by atoms with E-state index in [0.29, 0.717) is 24.4 Å². The van der Waals surface area contributed by atoms with Crippen LogP contribution >= 0.6 is 0 Å². The monoisotopic (exact) mass is 388 g/mol. The van der Waals surface area contributed by atoms with Crippen molar-refractivity contribution in [2.45, 2.75) is 19.4 Å². The van der Waals surface area contributed by atoms with Gasteiger partial charge in [-0.3, -0.25) is 9.59 Å². The van der Waals surface area contributed by atoms with Gasteiger partial charge in [-0.2, -0.15) is 0 Å². The number of halogens is 1. The van der Waals surface area contributed by atoms with Crippen LogP contribution < -0.4 is 20.3 Å². The number of methoxy groups -OCH3 is 1. The molecule has 0 aromatic heterocycles. The Balaban J connectivity index is 1.76. The summed E-state index contributed by atoms with van der Waals surface area (Å²) in [5, 5.41) is 5.67. The Morgan fingerprint density at radius 1 is 1.18 bits per heavy atom. The number of benzene rings is 2. The first kappa shape index (κ1) is 21.4. The molecular weight excluding hydrogens is 361 g/mol. The van der Waals surface area contributed by atoms with Crippen molar-refractivity contribution in [3.63, 3.8) is 0 Å². The van der Waals surface area contributed by atoms with Gasteiger partial charge < -0.3 is 20.3 Å². The Morgan fingerprint density at radius 3 is 2.57 bits per heavy atom. The van der Waals surface area contributed by atoms with Gasteiger partial charge in [0.05, 0.1) is 14.2 Å². The van der Waals surface area contributed by atoms with Crippen LogP contribution in [0, 0.1) is 5.82 Å². The lowest BCUT2D eigenvalue weighted by molar-refractivity contribution is -0.885. The van der Waals surface area contributed by atoms with Crippen molar-refractivity contribution in [1.82, 2.24) is 5.32 Å². The second-order valence-corrected chi connectivity index (χ2v) is 6.69. The lowest BCUT2D eigenvalue weighted by Crippen LogP contribution is -3.15. The number of carbonyl (C=O) groups excluding carboxylic acids is 2. The molecule has 3 N–H and O–H groups in total. The quantitative estimate of drug-likeness (QED) is 0.601. The maximum Gasteiger partial charge on any atom is 0.279 e. The number of quaternary nitrogens is 1. The van der Waals surface area contributed by atoms with E-state index in [9.17, 15) is 14.0 Å². The molecule has 2 aromatic rings. The van der Waals surface area contributed by atoms with Gasteiger partial charge in [0.25, 0.3) is 11.8 Å². The topological polar surface area (TPSA) is 71.9 Å². The predicted octanol–water partition coefficient (Wildman–Crippen LogP) is 1.03. The fourth-order valence-electron chi connectivity index (χ4n) is 2.67. The molecule has 0 aliphatic carbocycles. The Labute approximate surface area is 164 Å². The van der Waals surface area contributed by atoms with Crippen LogP contribution in [-0.4, -0.2) is 45.1 Å². The van der Waals surface area contributed by atoms with Crippen LogP contribution in [0.3, 0.4) is 0 Å². The summed E-state index contributed by atoms with van der Waals surface area (Å²) >= 11 is 0. The molecule has 0 bridgehead atoms. The minimum Gasteiger partial charge on any atom is -0.497 e. The fraction of sp³-hybridized carbons (Fsp3) is 0.333. The molecule has 0 aliphatic heterocycles. The van der Waals surface area contributed by atoms with Gasteiger partial charge in [0.2, 0.25) is 0 Å². The number of carbonyl (C=O) groups is 2. The summed E-state index contributed by atoms with van der Waals surface area (Å²) in [5.74, 6) is 0.0664. The highest BCUT2D eigenvalue weighted by atomic mass is 19.1. The van der Waals surface area contributed by atoms with Crippen LogP contribution in [0.2, 0.25) is 0 Å². The number of hydrogen-bond acceptors (Lipinski definition) is 3. The standard InChI is InChI=1S/C21H26FN3O3/c1-15(21(27)23-12-11-16-7-9-17(22)10-8-16)25(2)14-20(26)24-18-5-4-6-19(13-18)28-3/h4-10,13,15H,11-12,14H2,1-3H3,(H,23,27)(H,24,26)/p+1/t15-/m0/s1. The third-order valence-electron chi connectivity index (χ3n) is 4.55. The molecule has 0 radical (unpaired) electrons. The zero-order valence-electron chi connectivity index (χ0n) is 16.4. The highest BCUT2D eigenvalue weighted by Gasteiger charge is 2.23. The summed E-state index contributed by atoms with van der Waals surface area (Å²) in [6, 6.07) is 12.9. The van der Waals surface area contributed by atoms with Gasteiger partial charge in [-0.1, -0.05) is 18.2 Å². The largest absolute Gasteiger partial charge is 0.497 e. The molecule has 0 aliphatic rings. The molecule has 28 heavy (non-hydrogen) atoms. The number of anilines is 1. The minimum absolute atomic E-state index is 0.131. The van der Waals surface area contributed by atoms with Crippen LogP contribution in [0.5, 0.6) is 5.75 Å². The average molecular weight is 388 g/mol. The third-order valence-corrected chi connectivity index (χ3v) is 4.55. The fourth-order valence-corrected chi connectivity index (χ4v) is 2.67.